The standard InChI is InChI=1S/C10H19NO2/c1-3-13-9(12)8(11)4-5-10(2)6-7-10/h8H,3-7,11H2,1-2H3. The van der Waals surface area contributed by atoms with E-state index in [-0.39, 0.29) is 5.97 Å². The Morgan fingerprint density at radius 1 is 1.62 bits per heavy atom. The summed E-state index contributed by atoms with van der Waals surface area (Å²) >= 11 is 0. The van der Waals surface area contributed by atoms with Crippen LogP contribution in [-0.2, 0) is 9.53 Å². The lowest BCUT2D eigenvalue weighted by molar-refractivity contribution is -0.144. The van der Waals surface area contributed by atoms with Gasteiger partial charge in [-0.1, -0.05) is 6.92 Å². The third-order valence-electron chi connectivity index (χ3n) is 2.75. The number of esters is 1. The molecule has 0 aliphatic heterocycles. The first-order valence-electron chi connectivity index (χ1n) is 4.99. The quantitative estimate of drug-likeness (QED) is 0.660. The number of hydrogen-bond donors (Lipinski definition) is 1. The number of hydrogen-bond acceptors (Lipinski definition) is 3. The van der Waals surface area contributed by atoms with Crippen LogP contribution in [-0.4, -0.2) is 18.6 Å². The van der Waals surface area contributed by atoms with E-state index < -0.39 is 6.04 Å². The Bertz CT molecular complexity index is 187. The minimum atomic E-state index is -0.419. The van der Waals surface area contributed by atoms with Crippen LogP contribution in [0.2, 0.25) is 0 Å². The maximum absolute atomic E-state index is 11.1. The molecule has 0 bridgehead atoms. The fourth-order valence-corrected chi connectivity index (χ4v) is 1.33. The summed E-state index contributed by atoms with van der Waals surface area (Å²) in [6.45, 7) is 4.46. The van der Waals surface area contributed by atoms with Gasteiger partial charge in [-0.25, -0.2) is 0 Å². The van der Waals surface area contributed by atoms with Gasteiger partial charge in [0, 0.05) is 0 Å². The van der Waals surface area contributed by atoms with E-state index >= 15 is 0 Å². The minimum absolute atomic E-state index is 0.258. The van der Waals surface area contributed by atoms with Crippen molar-refractivity contribution >= 4 is 5.97 Å². The van der Waals surface area contributed by atoms with Gasteiger partial charge < -0.3 is 10.5 Å². The highest BCUT2D eigenvalue weighted by Crippen LogP contribution is 2.48. The average Bonchev–Trinajstić information content (AvgIpc) is 2.81. The molecule has 3 nitrogen and oxygen atoms in total. The number of carbonyl (C=O) groups excluding carboxylic acids is 1. The molecule has 1 saturated carbocycles. The van der Waals surface area contributed by atoms with Crippen LogP contribution < -0.4 is 5.73 Å². The lowest BCUT2D eigenvalue weighted by Crippen LogP contribution is -2.32. The maximum atomic E-state index is 11.1. The van der Waals surface area contributed by atoms with Gasteiger partial charge in [-0.15, -0.1) is 0 Å². The van der Waals surface area contributed by atoms with Gasteiger partial charge in [-0.2, -0.15) is 0 Å². The smallest absolute Gasteiger partial charge is 0.322 e. The molecule has 1 aliphatic carbocycles. The molecule has 0 radical (unpaired) electrons. The summed E-state index contributed by atoms with van der Waals surface area (Å²) in [4.78, 5) is 11.1. The second-order valence-corrected chi connectivity index (χ2v) is 4.21. The summed E-state index contributed by atoms with van der Waals surface area (Å²) < 4.78 is 4.83. The monoisotopic (exact) mass is 185 g/mol. The van der Waals surface area contributed by atoms with Gasteiger partial charge >= 0.3 is 5.97 Å². The molecule has 0 saturated heterocycles. The van der Waals surface area contributed by atoms with E-state index in [9.17, 15) is 4.79 Å². The number of ether oxygens (including phenoxy) is 1. The molecule has 2 N–H and O–H groups in total. The van der Waals surface area contributed by atoms with Crippen molar-refractivity contribution in [2.24, 2.45) is 11.1 Å². The summed E-state index contributed by atoms with van der Waals surface area (Å²) in [5.74, 6) is -0.258. The summed E-state index contributed by atoms with van der Waals surface area (Å²) in [6.07, 6.45) is 4.37. The van der Waals surface area contributed by atoms with Crippen molar-refractivity contribution in [3.8, 4) is 0 Å². The van der Waals surface area contributed by atoms with Crippen molar-refractivity contribution in [3.63, 3.8) is 0 Å². The molecule has 0 aromatic rings. The molecule has 0 aromatic carbocycles. The topological polar surface area (TPSA) is 52.3 Å². The summed E-state index contributed by atoms with van der Waals surface area (Å²) in [6, 6.07) is -0.419. The Morgan fingerprint density at radius 3 is 2.69 bits per heavy atom. The maximum Gasteiger partial charge on any atom is 0.322 e. The van der Waals surface area contributed by atoms with Crippen LogP contribution in [0.5, 0.6) is 0 Å². The van der Waals surface area contributed by atoms with E-state index in [4.69, 9.17) is 10.5 Å². The van der Waals surface area contributed by atoms with Crippen molar-refractivity contribution in [3.05, 3.63) is 0 Å². The molecular weight excluding hydrogens is 166 g/mol. The zero-order valence-electron chi connectivity index (χ0n) is 8.51. The molecule has 1 fully saturated rings. The first-order chi connectivity index (χ1) is 6.07. The van der Waals surface area contributed by atoms with Gasteiger partial charge in [0.05, 0.1) is 6.61 Å². The molecule has 1 aliphatic rings. The van der Waals surface area contributed by atoms with Crippen molar-refractivity contribution < 1.29 is 9.53 Å². The van der Waals surface area contributed by atoms with Crippen molar-refractivity contribution in [2.75, 3.05) is 6.61 Å². The molecule has 1 unspecified atom stereocenters. The van der Waals surface area contributed by atoms with Crippen LogP contribution in [0.3, 0.4) is 0 Å². The van der Waals surface area contributed by atoms with Gasteiger partial charge in [-0.3, -0.25) is 4.79 Å². The van der Waals surface area contributed by atoms with Crippen molar-refractivity contribution in [1.82, 2.24) is 0 Å². The predicted octanol–water partition coefficient (Wildman–Crippen LogP) is 1.46. The first-order valence-corrected chi connectivity index (χ1v) is 4.99. The summed E-state index contributed by atoms with van der Waals surface area (Å²) in [5.41, 5.74) is 6.14. The molecule has 3 heteroatoms. The van der Waals surface area contributed by atoms with Gasteiger partial charge in [0.2, 0.25) is 0 Å². The Labute approximate surface area is 79.6 Å². The molecule has 13 heavy (non-hydrogen) atoms. The molecule has 1 atom stereocenters. The van der Waals surface area contributed by atoms with E-state index in [2.05, 4.69) is 6.92 Å². The highest BCUT2D eigenvalue weighted by atomic mass is 16.5. The average molecular weight is 185 g/mol. The molecular formula is C10H19NO2. The van der Waals surface area contributed by atoms with Crippen molar-refractivity contribution in [2.45, 2.75) is 45.6 Å². The van der Waals surface area contributed by atoms with Gasteiger partial charge in [-0.05, 0) is 38.0 Å². The van der Waals surface area contributed by atoms with Gasteiger partial charge in [0.1, 0.15) is 6.04 Å². The fourth-order valence-electron chi connectivity index (χ4n) is 1.33. The second kappa shape index (κ2) is 4.09. The Hall–Kier alpha value is -0.570. The second-order valence-electron chi connectivity index (χ2n) is 4.21. The summed E-state index contributed by atoms with van der Waals surface area (Å²) in [5, 5.41) is 0. The molecule has 0 spiro atoms. The molecule has 76 valence electrons. The number of carbonyl (C=O) groups is 1. The SMILES string of the molecule is CCOC(=O)C(N)CCC1(C)CC1. The van der Waals surface area contributed by atoms with E-state index in [1.54, 1.807) is 6.92 Å². The van der Waals surface area contributed by atoms with Gasteiger partial charge in [0.15, 0.2) is 0 Å². The van der Waals surface area contributed by atoms with Crippen LogP contribution in [0.1, 0.15) is 39.5 Å². The lowest BCUT2D eigenvalue weighted by Gasteiger charge is -2.12. The molecule has 0 heterocycles. The van der Waals surface area contributed by atoms with E-state index in [1.807, 2.05) is 0 Å². The highest BCUT2D eigenvalue weighted by molar-refractivity contribution is 5.75. The Kier molecular flexibility index (Phi) is 3.31. The van der Waals surface area contributed by atoms with Gasteiger partial charge in [0.25, 0.3) is 0 Å². The number of rotatable bonds is 5. The zero-order valence-corrected chi connectivity index (χ0v) is 8.51. The van der Waals surface area contributed by atoms with Crippen LogP contribution in [0.4, 0.5) is 0 Å². The first kappa shape index (κ1) is 10.5. The van der Waals surface area contributed by atoms with Crippen LogP contribution in [0, 0.1) is 5.41 Å². The largest absolute Gasteiger partial charge is 0.465 e. The zero-order chi connectivity index (χ0) is 9.90. The van der Waals surface area contributed by atoms with Crippen LogP contribution >= 0.6 is 0 Å². The van der Waals surface area contributed by atoms with Crippen LogP contribution in [0.15, 0.2) is 0 Å². The van der Waals surface area contributed by atoms with E-state index in [1.165, 1.54) is 12.8 Å². The molecule has 0 amide bonds. The van der Waals surface area contributed by atoms with E-state index in [0.717, 1.165) is 12.8 Å². The molecule has 0 aromatic heterocycles. The van der Waals surface area contributed by atoms with Crippen LogP contribution in [0.25, 0.3) is 0 Å². The van der Waals surface area contributed by atoms with Crippen molar-refractivity contribution in [1.29, 1.82) is 0 Å². The number of nitrogens with two attached hydrogens (primary N) is 1. The Morgan fingerprint density at radius 2 is 2.23 bits per heavy atom. The third-order valence-corrected chi connectivity index (χ3v) is 2.75. The normalized spacial score (nSPS) is 20.8. The molecule has 1 rings (SSSR count). The fraction of sp³-hybridized carbons (Fsp3) is 0.900. The predicted molar refractivity (Wildman–Crippen MR) is 51.2 cm³/mol. The van der Waals surface area contributed by atoms with E-state index in [0.29, 0.717) is 12.0 Å². The Balaban J connectivity index is 2.16. The third kappa shape index (κ3) is 3.35. The highest BCUT2D eigenvalue weighted by Gasteiger charge is 2.37. The minimum Gasteiger partial charge on any atom is -0.465 e. The lowest BCUT2D eigenvalue weighted by atomic mass is 10.00. The summed E-state index contributed by atoms with van der Waals surface area (Å²) in [7, 11) is 0.